The molecule has 1 aromatic rings. The standard InChI is InChI=1S/C17H28N4O/c1-13-4-2-3-5-16(13)20-17(22)12-21-8-6-14(7-9-21)15-10-18-19-11-15/h10-11,13-14,16H,2-9,12H2,1H3,(H,18,19)(H,20,22)/t13-,16-/m1/s1. The van der Waals surface area contributed by atoms with Gasteiger partial charge in [-0.3, -0.25) is 14.8 Å². The molecule has 0 aromatic carbocycles. The maximum absolute atomic E-state index is 12.3. The molecule has 3 rings (SSSR count). The van der Waals surface area contributed by atoms with Crippen LogP contribution in [-0.2, 0) is 4.79 Å². The first kappa shape index (κ1) is 15.5. The second-order valence-electron chi connectivity index (χ2n) is 7.02. The van der Waals surface area contributed by atoms with Crippen molar-refractivity contribution >= 4 is 5.91 Å². The zero-order valence-electron chi connectivity index (χ0n) is 13.6. The summed E-state index contributed by atoms with van der Waals surface area (Å²) in [6.07, 6.45) is 11.1. The summed E-state index contributed by atoms with van der Waals surface area (Å²) in [6, 6.07) is 0.393. The number of nitrogens with zero attached hydrogens (tertiary/aromatic N) is 2. The molecule has 2 atom stereocenters. The second-order valence-corrected chi connectivity index (χ2v) is 7.02. The summed E-state index contributed by atoms with van der Waals surface area (Å²) in [5.74, 6) is 1.43. The monoisotopic (exact) mass is 304 g/mol. The molecule has 2 heterocycles. The number of rotatable bonds is 4. The van der Waals surface area contributed by atoms with Crippen molar-refractivity contribution in [2.45, 2.75) is 57.4 Å². The highest BCUT2D eigenvalue weighted by Crippen LogP contribution is 2.27. The van der Waals surface area contributed by atoms with E-state index in [1.165, 1.54) is 24.8 Å². The van der Waals surface area contributed by atoms with E-state index in [-0.39, 0.29) is 5.91 Å². The topological polar surface area (TPSA) is 61.0 Å². The average molecular weight is 304 g/mol. The van der Waals surface area contributed by atoms with Crippen molar-refractivity contribution in [2.75, 3.05) is 19.6 Å². The van der Waals surface area contributed by atoms with E-state index in [1.54, 1.807) is 0 Å². The molecular weight excluding hydrogens is 276 g/mol. The normalized spacial score (nSPS) is 27.7. The minimum absolute atomic E-state index is 0.209. The molecule has 122 valence electrons. The predicted molar refractivity (Wildman–Crippen MR) is 86.6 cm³/mol. The van der Waals surface area contributed by atoms with Gasteiger partial charge in [0, 0.05) is 12.2 Å². The van der Waals surface area contributed by atoms with Gasteiger partial charge in [0.1, 0.15) is 0 Å². The lowest BCUT2D eigenvalue weighted by Crippen LogP contribution is -2.47. The number of hydrogen-bond donors (Lipinski definition) is 2. The van der Waals surface area contributed by atoms with Gasteiger partial charge in [-0.15, -0.1) is 0 Å². The van der Waals surface area contributed by atoms with E-state index in [0.29, 0.717) is 24.4 Å². The zero-order valence-corrected chi connectivity index (χ0v) is 13.6. The molecule has 22 heavy (non-hydrogen) atoms. The fraction of sp³-hybridized carbons (Fsp3) is 0.765. The molecule has 0 spiro atoms. The highest BCUT2D eigenvalue weighted by atomic mass is 16.2. The van der Waals surface area contributed by atoms with Crippen LogP contribution in [0.2, 0.25) is 0 Å². The number of hydrogen-bond acceptors (Lipinski definition) is 3. The van der Waals surface area contributed by atoms with Crippen molar-refractivity contribution in [3.8, 4) is 0 Å². The molecule has 2 N–H and O–H groups in total. The van der Waals surface area contributed by atoms with Crippen LogP contribution in [0.3, 0.4) is 0 Å². The van der Waals surface area contributed by atoms with Crippen molar-refractivity contribution in [1.29, 1.82) is 0 Å². The Kier molecular flexibility index (Phi) is 5.13. The van der Waals surface area contributed by atoms with Crippen LogP contribution >= 0.6 is 0 Å². The Balaban J connectivity index is 1.41. The van der Waals surface area contributed by atoms with Crippen molar-refractivity contribution in [3.63, 3.8) is 0 Å². The quantitative estimate of drug-likeness (QED) is 0.897. The number of aromatic nitrogens is 2. The third kappa shape index (κ3) is 3.88. The second kappa shape index (κ2) is 7.27. The number of amides is 1. The Morgan fingerprint density at radius 2 is 2.09 bits per heavy atom. The van der Waals surface area contributed by atoms with Crippen molar-refractivity contribution in [2.24, 2.45) is 5.92 Å². The van der Waals surface area contributed by atoms with Crippen molar-refractivity contribution < 1.29 is 4.79 Å². The SMILES string of the molecule is C[C@@H]1CCCC[C@H]1NC(=O)CN1CCC(c2cn[nH]c2)CC1. The van der Waals surface area contributed by atoms with E-state index in [4.69, 9.17) is 0 Å². The first-order valence-electron chi connectivity index (χ1n) is 8.73. The Hall–Kier alpha value is -1.36. The Morgan fingerprint density at radius 1 is 1.32 bits per heavy atom. The van der Waals surface area contributed by atoms with Crippen LogP contribution in [0.15, 0.2) is 12.4 Å². The smallest absolute Gasteiger partial charge is 0.234 e. The van der Waals surface area contributed by atoms with Gasteiger partial charge in [-0.05, 0) is 56.2 Å². The summed E-state index contributed by atoms with van der Waals surface area (Å²) in [6.45, 7) is 4.83. The van der Waals surface area contributed by atoms with Crippen LogP contribution in [-0.4, -0.2) is 46.7 Å². The Morgan fingerprint density at radius 3 is 2.77 bits per heavy atom. The lowest BCUT2D eigenvalue weighted by Gasteiger charge is -2.33. The van der Waals surface area contributed by atoms with E-state index in [2.05, 4.69) is 27.3 Å². The minimum Gasteiger partial charge on any atom is -0.352 e. The van der Waals surface area contributed by atoms with Crippen LogP contribution < -0.4 is 5.32 Å². The van der Waals surface area contributed by atoms with Gasteiger partial charge >= 0.3 is 0 Å². The number of carbonyl (C=O) groups excluding carboxylic acids is 1. The summed E-state index contributed by atoms with van der Waals surface area (Å²) in [5.41, 5.74) is 1.31. The largest absolute Gasteiger partial charge is 0.352 e. The van der Waals surface area contributed by atoms with Crippen LogP contribution in [0.5, 0.6) is 0 Å². The van der Waals surface area contributed by atoms with Crippen LogP contribution in [0.1, 0.15) is 56.9 Å². The lowest BCUT2D eigenvalue weighted by atomic mass is 9.86. The van der Waals surface area contributed by atoms with Gasteiger partial charge in [0.15, 0.2) is 0 Å². The molecule has 0 radical (unpaired) electrons. The minimum atomic E-state index is 0.209. The Bertz CT molecular complexity index is 465. The molecule has 1 saturated carbocycles. The third-order valence-electron chi connectivity index (χ3n) is 5.40. The molecule has 1 aliphatic heterocycles. The van der Waals surface area contributed by atoms with Crippen LogP contribution in [0, 0.1) is 5.92 Å². The summed E-state index contributed by atoms with van der Waals surface area (Å²) in [4.78, 5) is 14.6. The molecule has 1 amide bonds. The van der Waals surface area contributed by atoms with Gasteiger partial charge in [0.05, 0.1) is 12.7 Å². The van der Waals surface area contributed by atoms with Crippen LogP contribution in [0.4, 0.5) is 0 Å². The lowest BCUT2D eigenvalue weighted by molar-refractivity contribution is -0.123. The predicted octanol–water partition coefficient (Wildman–Crippen LogP) is 2.28. The fourth-order valence-electron chi connectivity index (χ4n) is 3.89. The summed E-state index contributed by atoms with van der Waals surface area (Å²) in [5, 5.41) is 10.2. The fourth-order valence-corrected chi connectivity index (χ4v) is 3.89. The van der Waals surface area contributed by atoms with E-state index in [1.807, 2.05) is 12.4 Å². The van der Waals surface area contributed by atoms with Gasteiger partial charge in [-0.25, -0.2) is 0 Å². The summed E-state index contributed by atoms with van der Waals surface area (Å²) < 4.78 is 0. The molecule has 1 saturated heterocycles. The molecule has 2 aliphatic rings. The van der Waals surface area contributed by atoms with Gasteiger partial charge in [0.2, 0.25) is 5.91 Å². The van der Waals surface area contributed by atoms with Crippen molar-refractivity contribution in [3.05, 3.63) is 18.0 Å². The first-order chi connectivity index (χ1) is 10.7. The number of aromatic amines is 1. The maximum Gasteiger partial charge on any atom is 0.234 e. The zero-order chi connectivity index (χ0) is 15.4. The first-order valence-corrected chi connectivity index (χ1v) is 8.73. The van der Waals surface area contributed by atoms with E-state index < -0.39 is 0 Å². The van der Waals surface area contributed by atoms with Gasteiger partial charge < -0.3 is 5.32 Å². The molecule has 2 fully saturated rings. The number of nitrogens with one attached hydrogen (secondary N) is 2. The van der Waals surface area contributed by atoms with Gasteiger partial charge in [0.25, 0.3) is 0 Å². The number of H-pyrrole nitrogens is 1. The molecular formula is C17H28N4O. The number of piperidine rings is 1. The van der Waals surface area contributed by atoms with Crippen molar-refractivity contribution in [1.82, 2.24) is 20.4 Å². The van der Waals surface area contributed by atoms with Gasteiger partial charge in [-0.2, -0.15) is 5.10 Å². The number of carbonyl (C=O) groups is 1. The third-order valence-corrected chi connectivity index (χ3v) is 5.40. The van der Waals surface area contributed by atoms with E-state index in [0.717, 1.165) is 32.4 Å². The van der Waals surface area contributed by atoms with Gasteiger partial charge in [-0.1, -0.05) is 19.8 Å². The summed E-state index contributed by atoms with van der Waals surface area (Å²) in [7, 11) is 0. The highest BCUT2D eigenvalue weighted by Gasteiger charge is 2.25. The highest BCUT2D eigenvalue weighted by molar-refractivity contribution is 5.78. The number of likely N-dealkylation sites (tertiary alicyclic amines) is 1. The summed E-state index contributed by atoms with van der Waals surface area (Å²) >= 11 is 0. The molecule has 0 unspecified atom stereocenters. The molecule has 0 bridgehead atoms. The van der Waals surface area contributed by atoms with E-state index >= 15 is 0 Å². The molecule has 5 heteroatoms. The average Bonchev–Trinajstić information content (AvgIpc) is 3.05. The molecule has 5 nitrogen and oxygen atoms in total. The molecule has 1 aliphatic carbocycles. The van der Waals surface area contributed by atoms with Crippen LogP contribution in [0.25, 0.3) is 0 Å². The molecule has 1 aromatic heterocycles. The Labute approximate surface area is 132 Å². The maximum atomic E-state index is 12.3. The van der Waals surface area contributed by atoms with E-state index in [9.17, 15) is 4.79 Å².